The summed E-state index contributed by atoms with van der Waals surface area (Å²) in [5.41, 5.74) is 0. The molecular formula is C6H10BrN. The molecule has 1 atom stereocenters. The predicted octanol–water partition coefficient (Wildman–Crippen LogP) is 2.35. The van der Waals surface area contributed by atoms with Crippen molar-refractivity contribution in [3.8, 4) is 0 Å². The quantitative estimate of drug-likeness (QED) is 0.537. The first-order chi connectivity index (χ1) is 3.79. The molecule has 0 aromatic carbocycles. The molecule has 1 nitrogen and oxygen atoms in total. The molecule has 0 amide bonds. The second-order valence-electron chi connectivity index (χ2n) is 2.25. The van der Waals surface area contributed by atoms with Gasteiger partial charge in [0.25, 0.3) is 0 Å². The van der Waals surface area contributed by atoms with Crippen molar-refractivity contribution < 1.29 is 0 Å². The second kappa shape index (κ2) is 2.62. The first kappa shape index (κ1) is 6.27. The Bertz CT molecular complexity index is 109. The maximum Gasteiger partial charge on any atom is 0.0777 e. The van der Waals surface area contributed by atoms with Crippen molar-refractivity contribution in [1.29, 1.82) is 0 Å². The smallest absolute Gasteiger partial charge is 0.0777 e. The van der Waals surface area contributed by atoms with E-state index in [-0.39, 0.29) is 0 Å². The third-order valence-corrected chi connectivity index (χ3v) is 1.97. The van der Waals surface area contributed by atoms with E-state index in [1.807, 2.05) is 0 Å². The Labute approximate surface area is 58.3 Å². The van der Waals surface area contributed by atoms with Gasteiger partial charge in [0.15, 0.2) is 0 Å². The SMILES string of the molecule is CC1CCCC(Br)=N1. The summed E-state index contributed by atoms with van der Waals surface area (Å²) >= 11 is 3.38. The number of rotatable bonds is 0. The van der Waals surface area contributed by atoms with E-state index in [2.05, 4.69) is 27.8 Å². The van der Waals surface area contributed by atoms with Crippen LogP contribution in [0.2, 0.25) is 0 Å². The van der Waals surface area contributed by atoms with Crippen molar-refractivity contribution >= 4 is 20.6 Å². The fourth-order valence-corrected chi connectivity index (χ4v) is 1.54. The molecule has 0 saturated heterocycles. The standard InChI is InChI=1S/C6H10BrN/c1-5-3-2-4-6(7)8-5/h5H,2-4H2,1H3. The van der Waals surface area contributed by atoms with Crippen molar-refractivity contribution in [3.05, 3.63) is 0 Å². The van der Waals surface area contributed by atoms with E-state index < -0.39 is 0 Å². The number of halogens is 1. The molecule has 1 aliphatic rings. The average Bonchev–Trinajstić information content (AvgIpc) is 1.64. The molecule has 8 heavy (non-hydrogen) atoms. The maximum atomic E-state index is 4.32. The molecule has 0 aromatic heterocycles. The molecule has 1 aliphatic heterocycles. The van der Waals surface area contributed by atoms with Gasteiger partial charge in [0, 0.05) is 6.04 Å². The first-order valence-electron chi connectivity index (χ1n) is 3.01. The van der Waals surface area contributed by atoms with Crippen molar-refractivity contribution in [1.82, 2.24) is 0 Å². The number of aliphatic imine (C=N–C) groups is 1. The van der Waals surface area contributed by atoms with Crippen LogP contribution in [0.15, 0.2) is 4.99 Å². The van der Waals surface area contributed by atoms with E-state index in [1.165, 1.54) is 12.8 Å². The first-order valence-corrected chi connectivity index (χ1v) is 3.80. The number of hydrogen-bond acceptors (Lipinski definition) is 1. The lowest BCUT2D eigenvalue weighted by molar-refractivity contribution is 0.615. The van der Waals surface area contributed by atoms with E-state index >= 15 is 0 Å². The third-order valence-electron chi connectivity index (χ3n) is 1.37. The summed E-state index contributed by atoms with van der Waals surface area (Å²) in [5.74, 6) is 0. The molecule has 0 saturated carbocycles. The largest absolute Gasteiger partial charge is 0.279 e. The number of nitrogens with zero attached hydrogens (tertiary/aromatic N) is 1. The zero-order chi connectivity index (χ0) is 5.98. The number of hydrogen-bond donors (Lipinski definition) is 0. The zero-order valence-electron chi connectivity index (χ0n) is 5.02. The van der Waals surface area contributed by atoms with Crippen molar-refractivity contribution in [3.63, 3.8) is 0 Å². The topological polar surface area (TPSA) is 12.4 Å². The summed E-state index contributed by atoms with van der Waals surface area (Å²) in [5, 5.41) is 0. The minimum Gasteiger partial charge on any atom is -0.279 e. The molecule has 0 fully saturated rings. The minimum atomic E-state index is 0.554. The van der Waals surface area contributed by atoms with Gasteiger partial charge in [-0.15, -0.1) is 0 Å². The second-order valence-corrected chi connectivity index (χ2v) is 3.16. The lowest BCUT2D eigenvalue weighted by Crippen LogP contribution is -2.07. The Balaban J connectivity index is 2.50. The Morgan fingerprint density at radius 3 is 2.88 bits per heavy atom. The van der Waals surface area contributed by atoms with Crippen molar-refractivity contribution in [2.24, 2.45) is 4.99 Å². The van der Waals surface area contributed by atoms with Gasteiger partial charge in [-0.05, 0) is 42.1 Å². The molecule has 0 spiro atoms. The van der Waals surface area contributed by atoms with Crippen LogP contribution in [0.25, 0.3) is 0 Å². The summed E-state index contributed by atoms with van der Waals surface area (Å²) in [4.78, 5) is 4.32. The molecule has 46 valence electrons. The molecule has 0 N–H and O–H groups in total. The van der Waals surface area contributed by atoms with E-state index in [9.17, 15) is 0 Å². The summed E-state index contributed by atoms with van der Waals surface area (Å²) in [6.45, 7) is 2.15. The maximum absolute atomic E-state index is 4.32. The Kier molecular flexibility index (Phi) is 2.06. The van der Waals surface area contributed by atoms with Crippen LogP contribution in [-0.2, 0) is 0 Å². The van der Waals surface area contributed by atoms with Gasteiger partial charge in [0.05, 0.1) is 4.62 Å². The van der Waals surface area contributed by atoms with E-state index in [1.54, 1.807) is 0 Å². The van der Waals surface area contributed by atoms with Crippen molar-refractivity contribution in [2.75, 3.05) is 0 Å². The highest BCUT2D eigenvalue weighted by molar-refractivity contribution is 9.18. The van der Waals surface area contributed by atoms with E-state index in [0.717, 1.165) is 11.0 Å². The van der Waals surface area contributed by atoms with Crippen LogP contribution in [-0.4, -0.2) is 10.7 Å². The van der Waals surface area contributed by atoms with Gasteiger partial charge in [-0.1, -0.05) is 0 Å². The Hall–Kier alpha value is 0.150. The molecule has 0 bridgehead atoms. The fourth-order valence-electron chi connectivity index (χ4n) is 0.912. The lowest BCUT2D eigenvalue weighted by atomic mass is 10.1. The van der Waals surface area contributed by atoms with E-state index in [4.69, 9.17) is 0 Å². The molecule has 0 aromatic rings. The monoisotopic (exact) mass is 175 g/mol. The van der Waals surface area contributed by atoms with E-state index in [0.29, 0.717) is 6.04 Å². The predicted molar refractivity (Wildman–Crippen MR) is 39.7 cm³/mol. The normalized spacial score (nSPS) is 29.8. The molecule has 2 heteroatoms. The zero-order valence-corrected chi connectivity index (χ0v) is 6.61. The molecule has 0 radical (unpaired) electrons. The van der Waals surface area contributed by atoms with Crippen LogP contribution in [0, 0.1) is 0 Å². The van der Waals surface area contributed by atoms with Crippen LogP contribution in [0.5, 0.6) is 0 Å². The summed E-state index contributed by atoms with van der Waals surface area (Å²) < 4.78 is 1.15. The highest BCUT2D eigenvalue weighted by atomic mass is 79.9. The molecule has 1 rings (SSSR count). The highest BCUT2D eigenvalue weighted by Crippen LogP contribution is 2.15. The van der Waals surface area contributed by atoms with Gasteiger partial charge in [-0.2, -0.15) is 0 Å². The van der Waals surface area contributed by atoms with Gasteiger partial charge in [-0.3, -0.25) is 4.99 Å². The van der Waals surface area contributed by atoms with Gasteiger partial charge in [0.1, 0.15) is 0 Å². The highest BCUT2D eigenvalue weighted by Gasteiger charge is 2.06. The molecular weight excluding hydrogens is 166 g/mol. The van der Waals surface area contributed by atoms with Gasteiger partial charge in [0.2, 0.25) is 0 Å². The van der Waals surface area contributed by atoms with Gasteiger partial charge >= 0.3 is 0 Å². The van der Waals surface area contributed by atoms with Crippen LogP contribution in [0.1, 0.15) is 26.2 Å². The van der Waals surface area contributed by atoms with Crippen LogP contribution >= 0.6 is 15.9 Å². The Morgan fingerprint density at radius 2 is 2.50 bits per heavy atom. The van der Waals surface area contributed by atoms with Crippen LogP contribution in [0.4, 0.5) is 0 Å². The molecule has 0 aliphatic carbocycles. The van der Waals surface area contributed by atoms with Crippen molar-refractivity contribution in [2.45, 2.75) is 32.2 Å². The average molecular weight is 176 g/mol. The lowest BCUT2D eigenvalue weighted by Gasteiger charge is -2.11. The van der Waals surface area contributed by atoms with Crippen LogP contribution in [0.3, 0.4) is 0 Å². The van der Waals surface area contributed by atoms with Gasteiger partial charge < -0.3 is 0 Å². The summed E-state index contributed by atoms with van der Waals surface area (Å²) in [6.07, 6.45) is 3.70. The Morgan fingerprint density at radius 1 is 1.75 bits per heavy atom. The fraction of sp³-hybridized carbons (Fsp3) is 0.833. The minimum absolute atomic E-state index is 0.554. The summed E-state index contributed by atoms with van der Waals surface area (Å²) in [7, 11) is 0. The molecule has 1 heterocycles. The summed E-state index contributed by atoms with van der Waals surface area (Å²) in [6, 6.07) is 0.554. The van der Waals surface area contributed by atoms with Crippen LogP contribution < -0.4 is 0 Å². The molecule has 1 unspecified atom stereocenters. The van der Waals surface area contributed by atoms with Gasteiger partial charge in [-0.25, -0.2) is 0 Å². The third kappa shape index (κ3) is 1.58.